The first-order valence-electron chi connectivity index (χ1n) is 7.46. The van der Waals surface area contributed by atoms with Crippen LogP contribution >= 0.6 is 0 Å². The number of methoxy groups -OCH3 is 1. The number of non-ortho nitro benzene ring substituents is 1. The summed E-state index contributed by atoms with van der Waals surface area (Å²) in [6.45, 7) is 0.380. The first-order valence-corrected chi connectivity index (χ1v) is 7.46. The zero-order chi connectivity index (χ0) is 17.8. The van der Waals surface area contributed by atoms with Gasteiger partial charge in [0.2, 0.25) is 0 Å². The molecule has 9 nitrogen and oxygen atoms in total. The molecular weight excluding hydrogens is 324 g/mol. The van der Waals surface area contributed by atoms with Crippen molar-refractivity contribution in [1.29, 1.82) is 0 Å². The van der Waals surface area contributed by atoms with Gasteiger partial charge in [-0.1, -0.05) is 12.1 Å². The third-order valence-corrected chi connectivity index (χ3v) is 3.70. The largest absolute Gasteiger partial charge is 0.496 e. The highest BCUT2D eigenvalue weighted by Gasteiger charge is 2.12. The molecule has 1 aromatic heterocycles. The van der Waals surface area contributed by atoms with Crippen LogP contribution in [0.2, 0.25) is 0 Å². The fraction of sp³-hybridized carbons (Fsp3) is 0.188. The second kappa shape index (κ2) is 6.95. The Morgan fingerprint density at radius 1 is 1.28 bits per heavy atom. The van der Waals surface area contributed by atoms with E-state index in [1.165, 1.54) is 19.2 Å². The van der Waals surface area contributed by atoms with Gasteiger partial charge in [0, 0.05) is 42.5 Å². The normalized spacial score (nSPS) is 10.5. The van der Waals surface area contributed by atoms with E-state index in [-0.39, 0.29) is 5.69 Å². The molecule has 1 heterocycles. The monoisotopic (exact) mass is 340 g/mol. The van der Waals surface area contributed by atoms with Crippen LogP contribution in [0.3, 0.4) is 0 Å². The molecule has 0 saturated carbocycles. The molecule has 3 aromatic rings. The number of nitrogens with zero attached hydrogens (tertiary/aromatic N) is 5. The fourth-order valence-electron chi connectivity index (χ4n) is 2.46. The van der Waals surface area contributed by atoms with Crippen LogP contribution in [0.4, 0.5) is 11.4 Å². The van der Waals surface area contributed by atoms with Gasteiger partial charge in [0.15, 0.2) is 5.82 Å². The van der Waals surface area contributed by atoms with E-state index in [0.29, 0.717) is 23.7 Å². The molecule has 0 spiro atoms. The Bertz CT molecular complexity index is 908. The van der Waals surface area contributed by atoms with E-state index in [1.54, 1.807) is 17.8 Å². The van der Waals surface area contributed by atoms with E-state index in [1.807, 2.05) is 24.3 Å². The first kappa shape index (κ1) is 16.4. The zero-order valence-electron chi connectivity index (χ0n) is 13.7. The molecule has 0 aliphatic heterocycles. The van der Waals surface area contributed by atoms with Crippen molar-refractivity contribution in [2.75, 3.05) is 12.4 Å². The summed E-state index contributed by atoms with van der Waals surface area (Å²) in [5.74, 6) is 1.24. The summed E-state index contributed by atoms with van der Waals surface area (Å²) in [5.41, 5.74) is 2.43. The maximum Gasteiger partial charge on any atom is 0.270 e. The lowest BCUT2D eigenvalue weighted by molar-refractivity contribution is -0.384. The predicted octanol–water partition coefficient (Wildman–Crippen LogP) is 2.41. The van der Waals surface area contributed by atoms with Gasteiger partial charge in [-0.15, -0.1) is 5.10 Å². The molecule has 0 bridgehead atoms. The van der Waals surface area contributed by atoms with Crippen molar-refractivity contribution < 1.29 is 9.66 Å². The van der Waals surface area contributed by atoms with Crippen molar-refractivity contribution in [3.05, 3.63) is 58.1 Å². The van der Waals surface area contributed by atoms with Crippen LogP contribution < -0.4 is 10.1 Å². The SMILES string of the molecule is COc1ccc([N+](=O)[O-])cc1CNc1cccc(-c2nnnn2C)c1. The summed E-state index contributed by atoms with van der Waals surface area (Å²) in [4.78, 5) is 10.5. The topological polar surface area (TPSA) is 108 Å². The fourth-order valence-corrected chi connectivity index (χ4v) is 2.46. The summed E-state index contributed by atoms with van der Waals surface area (Å²) in [6.07, 6.45) is 0. The van der Waals surface area contributed by atoms with Crippen LogP contribution in [-0.4, -0.2) is 32.2 Å². The van der Waals surface area contributed by atoms with E-state index in [4.69, 9.17) is 4.74 Å². The van der Waals surface area contributed by atoms with Crippen molar-refractivity contribution in [3.8, 4) is 17.1 Å². The first-order chi connectivity index (χ1) is 12.1. The average molecular weight is 340 g/mol. The molecule has 9 heteroatoms. The summed E-state index contributed by atoms with van der Waals surface area (Å²) >= 11 is 0. The van der Waals surface area contributed by atoms with Gasteiger partial charge in [0.25, 0.3) is 5.69 Å². The van der Waals surface area contributed by atoms with E-state index in [2.05, 4.69) is 20.8 Å². The van der Waals surface area contributed by atoms with Gasteiger partial charge >= 0.3 is 0 Å². The number of ether oxygens (including phenoxy) is 1. The highest BCUT2D eigenvalue weighted by Crippen LogP contribution is 2.26. The Labute approximate surface area is 143 Å². The molecule has 2 aromatic carbocycles. The van der Waals surface area contributed by atoms with Crippen LogP contribution in [-0.2, 0) is 13.6 Å². The molecule has 0 saturated heterocycles. The molecular formula is C16H16N6O3. The molecule has 0 aliphatic rings. The summed E-state index contributed by atoms with van der Waals surface area (Å²) < 4.78 is 6.86. The molecule has 0 unspecified atom stereocenters. The second-order valence-electron chi connectivity index (χ2n) is 5.31. The average Bonchev–Trinajstić information content (AvgIpc) is 3.06. The molecule has 0 amide bonds. The number of nitrogens with one attached hydrogen (secondary N) is 1. The van der Waals surface area contributed by atoms with Gasteiger partial charge in [0.1, 0.15) is 5.75 Å². The van der Waals surface area contributed by atoms with Crippen molar-refractivity contribution in [2.24, 2.45) is 7.05 Å². The Morgan fingerprint density at radius 2 is 2.12 bits per heavy atom. The Kier molecular flexibility index (Phi) is 4.55. The Hall–Kier alpha value is -3.49. The zero-order valence-corrected chi connectivity index (χ0v) is 13.7. The second-order valence-corrected chi connectivity index (χ2v) is 5.31. The van der Waals surface area contributed by atoms with Crippen molar-refractivity contribution in [2.45, 2.75) is 6.54 Å². The third-order valence-electron chi connectivity index (χ3n) is 3.70. The predicted molar refractivity (Wildman–Crippen MR) is 91.2 cm³/mol. The number of anilines is 1. The van der Waals surface area contributed by atoms with E-state index in [0.717, 1.165) is 11.3 Å². The lowest BCUT2D eigenvalue weighted by Gasteiger charge is -2.11. The van der Waals surface area contributed by atoms with Crippen LogP contribution in [0.25, 0.3) is 11.4 Å². The van der Waals surface area contributed by atoms with Gasteiger partial charge in [-0.05, 0) is 28.6 Å². The minimum Gasteiger partial charge on any atom is -0.496 e. The summed E-state index contributed by atoms with van der Waals surface area (Å²) in [6, 6.07) is 12.1. The van der Waals surface area contributed by atoms with Gasteiger partial charge in [-0.25, -0.2) is 4.68 Å². The molecule has 3 rings (SSSR count). The van der Waals surface area contributed by atoms with Crippen LogP contribution in [0.5, 0.6) is 5.75 Å². The number of nitro benzene ring substituents is 1. The molecule has 0 fully saturated rings. The number of rotatable bonds is 6. The Morgan fingerprint density at radius 3 is 2.80 bits per heavy atom. The van der Waals surface area contributed by atoms with E-state index < -0.39 is 4.92 Å². The third kappa shape index (κ3) is 3.55. The van der Waals surface area contributed by atoms with Crippen LogP contribution in [0.1, 0.15) is 5.56 Å². The number of hydrogen-bond donors (Lipinski definition) is 1. The summed E-state index contributed by atoms with van der Waals surface area (Å²) in [7, 11) is 3.30. The maximum atomic E-state index is 11.0. The standard InChI is InChI=1S/C16H16N6O3/c1-21-16(18-19-20-21)11-4-3-5-13(8-11)17-10-12-9-14(22(23)24)6-7-15(12)25-2/h3-9,17H,10H2,1-2H3. The van der Waals surface area contributed by atoms with Gasteiger partial charge in [-0.2, -0.15) is 0 Å². The molecule has 25 heavy (non-hydrogen) atoms. The number of benzene rings is 2. The van der Waals surface area contributed by atoms with Gasteiger partial charge in [0.05, 0.1) is 12.0 Å². The maximum absolute atomic E-state index is 11.0. The van der Waals surface area contributed by atoms with Crippen LogP contribution in [0.15, 0.2) is 42.5 Å². The van der Waals surface area contributed by atoms with Crippen molar-refractivity contribution in [1.82, 2.24) is 20.2 Å². The van der Waals surface area contributed by atoms with E-state index >= 15 is 0 Å². The number of tetrazole rings is 1. The van der Waals surface area contributed by atoms with Crippen LogP contribution in [0, 0.1) is 10.1 Å². The highest BCUT2D eigenvalue weighted by atomic mass is 16.6. The number of aryl methyl sites for hydroxylation is 1. The number of nitro groups is 1. The molecule has 1 N–H and O–H groups in total. The van der Waals surface area contributed by atoms with Gasteiger partial charge < -0.3 is 10.1 Å². The molecule has 0 aliphatic carbocycles. The number of aromatic nitrogens is 4. The van der Waals surface area contributed by atoms with Crippen molar-refractivity contribution in [3.63, 3.8) is 0 Å². The smallest absolute Gasteiger partial charge is 0.270 e. The molecule has 0 radical (unpaired) electrons. The Balaban J connectivity index is 1.81. The van der Waals surface area contributed by atoms with E-state index in [9.17, 15) is 10.1 Å². The van der Waals surface area contributed by atoms with Gasteiger partial charge in [-0.3, -0.25) is 10.1 Å². The minimum absolute atomic E-state index is 0.0245. The quantitative estimate of drug-likeness (QED) is 0.542. The number of hydrogen-bond acceptors (Lipinski definition) is 7. The minimum atomic E-state index is -0.426. The summed E-state index contributed by atoms with van der Waals surface area (Å²) in [5, 5.41) is 25.6. The lowest BCUT2D eigenvalue weighted by atomic mass is 10.1. The van der Waals surface area contributed by atoms with Crippen molar-refractivity contribution >= 4 is 11.4 Å². The molecule has 128 valence electrons. The highest BCUT2D eigenvalue weighted by molar-refractivity contribution is 5.62. The lowest BCUT2D eigenvalue weighted by Crippen LogP contribution is -2.03. The molecule has 0 atom stereocenters.